The highest BCUT2D eigenvalue weighted by molar-refractivity contribution is 6.30. The second kappa shape index (κ2) is 7.65. The van der Waals surface area contributed by atoms with Crippen molar-refractivity contribution >= 4 is 17.5 Å². The van der Waals surface area contributed by atoms with Gasteiger partial charge in [-0.15, -0.1) is 0 Å². The number of amides is 1. The SMILES string of the molecule is O=C(CCCc1ccc(Cl)cc1)N1CCCC[C@H]1CO. The summed E-state index contributed by atoms with van der Waals surface area (Å²) in [5.74, 6) is 0.178. The summed E-state index contributed by atoms with van der Waals surface area (Å²) in [4.78, 5) is 14.1. The molecule has 0 spiro atoms. The minimum atomic E-state index is 0.0341. The first-order chi connectivity index (χ1) is 9.70. The van der Waals surface area contributed by atoms with E-state index in [4.69, 9.17) is 11.6 Å². The minimum absolute atomic E-state index is 0.0341. The van der Waals surface area contributed by atoms with Gasteiger partial charge in [0.1, 0.15) is 0 Å². The Morgan fingerprint density at radius 2 is 2.05 bits per heavy atom. The molecule has 0 aromatic heterocycles. The molecule has 1 N–H and O–H groups in total. The maximum Gasteiger partial charge on any atom is 0.222 e. The van der Waals surface area contributed by atoms with E-state index in [1.165, 1.54) is 5.56 Å². The highest BCUT2D eigenvalue weighted by Gasteiger charge is 2.25. The van der Waals surface area contributed by atoms with Crippen LogP contribution < -0.4 is 0 Å². The predicted octanol–water partition coefficient (Wildman–Crippen LogP) is 3.04. The second-order valence-electron chi connectivity index (χ2n) is 5.40. The molecule has 1 aliphatic rings. The molecule has 1 aromatic rings. The largest absolute Gasteiger partial charge is 0.394 e. The summed E-state index contributed by atoms with van der Waals surface area (Å²) in [5, 5.41) is 10.1. The van der Waals surface area contributed by atoms with Crippen LogP contribution in [0.5, 0.6) is 0 Å². The number of aliphatic hydroxyl groups excluding tert-OH is 1. The van der Waals surface area contributed by atoms with Gasteiger partial charge >= 0.3 is 0 Å². The van der Waals surface area contributed by atoms with Crippen molar-refractivity contribution in [2.75, 3.05) is 13.2 Å². The van der Waals surface area contributed by atoms with E-state index in [-0.39, 0.29) is 18.6 Å². The second-order valence-corrected chi connectivity index (χ2v) is 5.84. The summed E-state index contributed by atoms with van der Waals surface area (Å²) in [5.41, 5.74) is 1.21. The number of hydrogen-bond acceptors (Lipinski definition) is 2. The first-order valence-corrected chi connectivity index (χ1v) is 7.73. The molecule has 4 heteroatoms. The van der Waals surface area contributed by atoms with Crippen molar-refractivity contribution in [2.45, 2.75) is 44.6 Å². The number of aryl methyl sites for hydroxylation is 1. The van der Waals surface area contributed by atoms with Gasteiger partial charge in [-0.1, -0.05) is 23.7 Å². The van der Waals surface area contributed by atoms with Crippen LogP contribution in [0.25, 0.3) is 0 Å². The van der Waals surface area contributed by atoms with Crippen LogP contribution in [0.4, 0.5) is 0 Å². The number of carbonyl (C=O) groups excluding carboxylic acids is 1. The van der Waals surface area contributed by atoms with Gasteiger partial charge in [0.15, 0.2) is 0 Å². The number of carbonyl (C=O) groups is 1. The molecule has 0 saturated carbocycles. The van der Waals surface area contributed by atoms with Crippen molar-refractivity contribution in [3.05, 3.63) is 34.9 Å². The number of likely N-dealkylation sites (tertiary alicyclic amines) is 1. The average molecular weight is 296 g/mol. The number of piperidine rings is 1. The zero-order valence-corrected chi connectivity index (χ0v) is 12.5. The quantitative estimate of drug-likeness (QED) is 0.907. The zero-order chi connectivity index (χ0) is 14.4. The number of aliphatic hydroxyl groups is 1. The Morgan fingerprint density at radius 1 is 1.30 bits per heavy atom. The van der Waals surface area contributed by atoms with E-state index in [9.17, 15) is 9.90 Å². The van der Waals surface area contributed by atoms with Crippen molar-refractivity contribution in [3.8, 4) is 0 Å². The Hall–Kier alpha value is -1.06. The van der Waals surface area contributed by atoms with Gasteiger partial charge in [0, 0.05) is 18.0 Å². The summed E-state index contributed by atoms with van der Waals surface area (Å²) in [6.07, 6.45) is 5.38. The van der Waals surface area contributed by atoms with Crippen LogP contribution in [0.3, 0.4) is 0 Å². The van der Waals surface area contributed by atoms with Crippen LogP contribution in [-0.2, 0) is 11.2 Å². The first-order valence-electron chi connectivity index (χ1n) is 7.35. The van der Waals surface area contributed by atoms with E-state index in [0.717, 1.165) is 43.7 Å². The molecule has 0 unspecified atom stereocenters. The molecule has 0 radical (unpaired) electrons. The molecule has 1 saturated heterocycles. The van der Waals surface area contributed by atoms with Gasteiger partial charge < -0.3 is 10.0 Å². The van der Waals surface area contributed by atoms with Crippen molar-refractivity contribution in [1.82, 2.24) is 4.90 Å². The molecule has 1 atom stereocenters. The van der Waals surface area contributed by atoms with Crippen LogP contribution in [0, 0.1) is 0 Å². The fourth-order valence-electron chi connectivity index (χ4n) is 2.76. The fraction of sp³-hybridized carbons (Fsp3) is 0.562. The van der Waals surface area contributed by atoms with E-state index >= 15 is 0 Å². The third-order valence-electron chi connectivity index (χ3n) is 3.93. The molecule has 0 bridgehead atoms. The third kappa shape index (κ3) is 4.22. The molecule has 3 nitrogen and oxygen atoms in total. The zero-order valence-electron chi connectivity index (χ0n) is 11.7. The lowest BCUT2D eigenvalue weighted by Gasteiger charge is -2.34. The maximum atomic E-state index is 12.2. The Bertz CT molecular complexity index is 433. The smallest absolute Gasteiger partial charge is 0.222 e. The highest BCUT2D eigenvalue weighted by Crippen LogP contribution is 2.18. The normalized spacial score (nSPS) is 19.1. The van der Waals surface area contributed by atoms with Crippen LogP contribution >= 0.6 is 11.6 Å². The van der Waals surface area contributed by atoms with Crippen molar-refractivity contribution in [1.29, 1.82) is 0 Å². The maximum absolute atomic E-state index is 12.2. The molecule has 1 heterocycles. The lowest BCUT2D eigenvalue weighted by atomic mass is 10.0. The minimum Gasteiger partial charge on any atom is -0.394 e. The molecule has 20 heavy (non-hydrogen) atoms. The standard InChI is InChI=1S/C16H22ClNO2/c17-14-9-7-13(8-10-14)4-3-6-16(20)18-11-2-1-5-15(18)12-19/h7-10,15,19H,1-6,11-12H2/t15-/m0/s1. The van der Waals surface area contributed by atoms with Crippen LogP contribution in [0.15, 0.2) is 24.3 Å². The van der Waals surface area contributed by atoms with Crippen LogP contribution in [-0.4, -0.2) is 35.1 Å². The van der Waals surface area contributed by atoms with Crippen molar-refractivity contribution in [2.24, 2.45) is 0 Å². The van der Waals surface area contributed by atoms with E-state index in [2.05, 4.69) is 0 Å². The predicted molar refractivity (Wildman–Crippen MR) is 80.8 cm³/mol. The van der Waals surface area contributed by atoms with Gasteiger partial charge in [0.05, 0.1) is 12.6 Å². The van der Waals surface area contributed by atoms with Crippen LogP contribution in [0.2, 0.25) is 5.02 Å². The fourth-order valence-corrected chi connectivity index (χ4v) is 2.88. The van der Waals surface area contributed by atoms with E-state index in [1.807, 2.05) is 29.2 Å². The summed E-state index contributed by atoms with van der Waals surface area (Å²) >= 11 is 5.85. The number of nitrogens with zero attached hydrogens (tertiary/aromatic N) is 1. The van der Waals surface area contributed by atoms with Gasteiger partial charge in [0.2, 0.25) is 5.91 Å². The average Bonchev–Trinajstić information content (AvgIpc) is 2.49. The Balaban J connectivity index is 1.78. The number of halogens is 1. The number of benzene rings is 1. The topological polar surface area (TPSA) is 40.5 Å². The van der Waals surface area contributed by atoms with Gasteiger partial charge in [-0.3, -0.25) is 4.79 Å². The molecule has 2 rings (SSSR count). The van der Waals surface area contributed by atoms with E-state index in [0.29, 0.717) is 6.42 Å². The van der Waals surface area contributed by atoms with E-state index in [1.54, 1.807) is 0 Å². The molecule has 1 aliphatic heterocycles. The van der Waals surface area contributed by atoms with E-state index < -0.39 is 0 Å². The molecular formula is C16H22ClNO2. The third-order valence-corrected chi connectivity index (χ3v) is 4.18. The van der Waals surface area contributed by atoms with Gasteiger partial charge in [-0.05, 0) is 49.8 Å². The van der Waals surface area contributed by atoms with Crippen molar-refractivity contribution < 1.29 is 9.90 Å². The lowest BCUT2D eigenvalue weighted by Crippen LogP contribution is -2.45. The monoisotopic (exact) mass is 295 g/mol. The molecule has 1 amide bonds. The summed E-state index contributed by atoms with van der Waals surface area (Å²) in [6.45, 7) is 0.883. The summed E-state index contributed by atoms with van der Waals surface area (Å²) < 4.78 is 0. The highest BCUT2D eigenvalue weighted by atomic mass is 35.5. The molecule has 1 aromatic carbocycles. The Labute approximate surface area is 125 Å². The molecule has 0 aliphatic carbocycles. The summed E-state index contributed by atoms with van der Waals surface area (Å²) in [7, 11) is 0. The lowest BCUT2D eigenvalue weighted by molar-refractivity contribution is -0.136. The Morgan fingerprint density at radius 3 is 2.75 bits per heavy atom. The number of rotatable bonds is 5. The Kier molecular flexibility index (Phi) is 5.86. The van der Waals surface area contributed by atoms with Crippen LogP contribution in [0.1, 0.15) is 37.7 Å². The molecular weight excluding hydrogens is 274 g/mol. The van der Waals surface area contributed by atoms with Gasteiger partial charge in [-0.25, -0.2) is 0 Å². The van der Waals surface area contributed by atoms with Gasteiger partial charge in [-0.2, -0.15) is 0 Å². The molecule has 110 valence electrons. The van der Waals surface area contributed by atoms with Crippen molar-refractivity contribution in [3.63, 3.8) is 0 Å². The number of hydrogen-bond donors (Lipinski definition) is 1. The van der Waals surface area contributed by atoms with Gasteiger partial charge in [0.25, 0.3) is 0 Å². The molecule has 1 fully saturated rings. The first kappa shape index (κ1) is 15.3. The summed E-state index contributed by atoms with van der Waals surface area (Å²) in [6, 6.07) is 7.80.